The fourth-order valence-electron chi connectivity index (χ4n) is 9.32. The number of aliphatic imine (C=N–C) groups is 1. The molecule has 5 nitrogen and oxygen atoms in total. The Hall–Kier alpha value is -7.63. The summed E-state index contributed by atoms with van der Waals surface area (Å²) < 4.78 is 11.7. The van der Waals surface area contributed by atoms with Crippen LogP contribution in [0.3, 0.4) is 0 Å². The van der Waals surface area contributed by atoms with Crippen molar-refractivity contribution in [2.24, 2.45) is 4.99 Å². The molecule has 5 heteroatoms. The first-order valence-electron chi connectivity index (χ1n) is 19.8. The van der Waals surface area contributed by atoms with Crippen LogP contribution in [-0.4, -0.2) is 27.0 Å². The molecule has 0 amide bonds. The van der Waals surface area contributed by atoms with Gasteiger partial charge in [0, 0.05) is 50.6 Å². The summed E-state index contributed by atoms with van der Waals surface area (Å²) in [4.78, 5) is 7.85. The van der Waals surface area contributed by atoms with Crippen molar-refractivity contribution in [1.29, 1.82) is 0 Å². The SMILES string of the molecule is CN1C(n2c3ccccc3c3c(-c4ccc5c(c4)c4ccccc4n5-c4ccccc4)cc4c5ccccc5oc4c32)=NC(c2ccccc2)=CC1c1ccccc1. The van der Waals surface area contributed by atoms with E-state index in [1.165, 1.54) is 27.4 Å². The second-order valence-electron chi connectivity index (χ2n) is 15.2. The van der Waals surface area contributed by atoms with Crippen molar-refractivity contribution in [3.05, 3.63) is 205 Å². The monoisotopic (exact) mass is 744 g/mol. The third-order valence-corrected chi connectivity index (χ3v) is 12.0. The van der Waals surface area contributed by atoms with E-state index in [9.17, 15) is 0 Å². The highest BCUT2D eigenvalue weighted by Crippen LogP contribution is 2.46. The Morgan fingerprint density at radius 3 is 1.90 bits per heavy atom. The maximum absolute atomic E-state index is 6.94. The number of benzene rings is 8. The molecule has 0 spiro atoms. The maximum atomic E-state index is 6.94. The molecule has 0 aliphatic carbocycles. The fraction of sp³-hybridized carbons (Fsp3) is 0.0377. The van der Waals surface area contributed by atoms with Gasteiger partial charge in [0.15, 0.2) is 5.58 Å². The highest BCUT2D eigenvalue weighted by Gasteiger charge is 2.31. The summed E-state index contributed by atoms with van der Waals surface area (Å²) in [5.74, 6) is 0.835. The molecule has 11 aromatic rings. The van der Waals surface area contributed by atoms with Crippen LogP contribution in [0.2, 0.25) is 0 Å². The Labute approximate surface area is 334 Å². The van der Waals surface area contributed by atoms with Crippen LogP contribution < -0.4 is 0 Å². The van der Waals surface area contributed by atoms with Crippen molar-refractivity contribution in [2.75, 3.05) is 7.05 Å². The lowest BCUT2D eigenvalue weighted by Gasteiger charge is -2.34. The molecule has 0 saturated carbocycles. The molecular weight excluding hydrogens is 709 g/mol. The first kappa shape index (κ1) is 32.6. The molecule has 0 saturated heterocycles. The average molecular weight is 745 g/mol. The average Bonchev–Trinajstić information content (AvgIpc) is 3.95. The zero-order chi connectivity index (χ0) is 38.3. The highest BCUT2D eigenvalue weighted by molar-refractivity contribution is 6.28. The first-order valence-corrected chi connectivity index (χ1v) is 19.8. The van der Waals surface area contributed by atoms with Gasteiger partial charge in [-0.2, -0.15) is 0 Å². The molecular formula is C53H36N4O. The molecule has 0 radical (unpaired) electrons. The predicted octanol–water partition coefficient (Wildman–Crippen LogP) is 13.4. The minimum Gasteiger partial charge on any atom is -0.454 e. The topological polar surface area (TPSA) is 38.6 Å². The van der Waals surface area contributed by atoms with Gasteiger partial charge in [-0.25, -0.2) is 4.99 Å². The van der Waals surface area contributed by atoms with E-state index in [1.54, 1.807) is 0 Å². The molecule has 0 bridgehead atoms. The Bertz CT molecular complexity index is 3460. The van der Waals surface area contributed by atoms with Crippen molar-refractivity contribution < 1.29 is 4.42 Å². The van der Waals surface area contributed by atoms with Crippen LogP contribution in [0.1, 0.15) is 17.2 Å². The van der Waals surface area contributed by atoms with Crippen LogP contribution in [-0.2, 0) is 0 Å². The summed E-state index contributed by atoms with van der Waals surface area (Å²) in [5, 5.41) is 6.88. The second-order valence-corrected chi connectivity index (χ2v) is 15.2. The number of likely N-dealkylation sites (N-methyl/N-ethyl adjacent to an activating group) is 1. The second kappa shape index (κ2) is 12.7. The molecule has 4 heterocycles. The van der Waals surface area contributed by atoms with Gasteiger partial charge >= 0.3 is 0 Å². The van der Waals surface area contributed by atoms with Gasteiger partial charge in [0.1, 0.15) is 11.1 Å². The van der Waals surface area contributed by atoms with E-state index in [2.05, 4.69) is 215 Å². The minimum absolute atomic E-state index is 0.0567. The number of para-hydroxylation sites is 4. The number of furan rings is 1. The Kier molecular flexibility index (Phi) is 7.14. The molecule has 58 heavy (non-hydrogen) atoms. The van der Waals surface area contributed by atoms with E-state index in [1.807, 2.05) is 0 Å². The maximum Gasteiger partial charge on any atom is 0.211 e. The summed E-state index contributed by atoms with van der Waals surface area (Å²) in [7, 11) is 2.16. The van der Waals surface area contributed by atoms with Gasteiger partial charge in [0.05, 0.1) is 28.3 Å². The van der Waals surface area contributed by atoms with Crippen LogP contribution in [0, 0.1) is 0 Å². The smallest absolute Gasteiger partial charge is 0.211 e. The Morgan fingerprint density at radius 2 is 1.12 bits per heavy atom. The van der Waals surface area contributed by atoms with Crippen LogP contribution in [0.5, 0.6) is 0 Å². The van der Waals surface area contributed by atoms with E-state index in [0.717, 1.165) is 77.8 Å². The molecule has 0 N–H and O–H groups in total. The van der Waals surface area contributed by atoms with Crippen molar-refractivity contribution in [3.63, 3.8) is 0 Å². The van der Waals surface area contributed by atoms with Crippen molar-refractivity contribution in [3.8, 4) is 16.8 Å². The van der Waals surface area contributed by atoms with E-state index in [-0.39, 0.29) is 6.04 Å². The van der Waals surface area contributed by atoms with E-state index in [4.69, 9.17) is 9.41 Å². The zero-order valence-electron chi connectivity index (χ0n) is 31.7. The molecule has 274 valence electrons. The van der Waals surface area contributed by atoms with E-state index in [0.29, 0.717) is 0 Å². The van der Waals surface area contributed by atoms with Gasteiger partial charge in [-0.1, -0.05) is 140 Å². The third-order valence-electron chi connectivity index (χ3n) is 12.0. The van der Waals surface area contributed by atoms with Crippen molar-refractivity contribution in [2.45, 2.75) is 6.04 Å². The predicted molar refractivity (Wildman–Crippen MR) is 241 cm³/mol. The molecule has 1 aliphatic rings. The van der Waals surface area contributed by atoms with E-state index < -0.39 is 0 Å². The molecule has 8 aromatic carbocycles. The number of hydrogen-bond acceptors (Lipinski definition) is 3. The van der Waals surface area contributed by atoms with Crippen LogP contribution in [0.25, 0.3) is 88.1 Å². The molecule has 0 fully saturated rings. The minimum atomic E-state index is -0.0567. The van der Waals surface area contributed by atoms with Crippen molar-refractivity contribution in [1.82, 2.24) is 14.0 Å². The van der Waals surface area contributed by atoms with Gasteiger partial charge in [0.2, 0.25) is 5.96 Å². The summed E-state index contributed by atoms with van der Waals surface area (Å²) in [6.45, 7) is 0. The normalized spacial score (nSPS) is 14.6. The lowest BCUT2D eigenvalue weighted by Crippen LogP contribution is -2.37. The Morgan fingerprint density at radius 1 is 0.500 bits per heavy atom. The molecule has 12 rings (SSSR count). The largest absolute Gasteiger partial charge is 0.454 e. The first-order chi connectivity index (χ1) is 28.7. The summed E-state index contributed by atoms with van der Waals surface area (Å²) in [5.41, 5.74) is 12.8. The number of fused-ring (bicyclic) bond motifs is 10. The highest BCUT2D eigenvalue weighted by atomic mass is 16.3. The van der Waals surface area contributed by atoms with E-state index >= 15 is 0 Å². The van der Waals surface area contributed by atoms with Crippen LogP contribution in [0.15, 0.2) is 204 Å². The molecule has 1 unspecified atom stereocenters. The molecule has 1 atom stereocenters. The van der Waals surface area contributed by atoms with Gasteiger partial charge in [0.25, 0.3) is 0 Å². The summed E-state index contributed by atoms with van der Waals surface area (Å²) in [6, 6.07) is 67.0. The molecule has 1 aliphatic heterocycles. The van der Waals surface area contributed by atoms with Gasteiger partial charge < -0.3 is 13.9 Å². The number of rotatable bonds is 4. The van der Waals surface area contributed by atoms with Crippen LogP contribution in [0.4, 0.5) is 0 Å². The summed E-state index contributed by atoms with van der Waals surface area (Å²) in [6.07, 6.45) is 2.28. The number of hydrogen-bond donors (Lipinski definition) is 0. The van der Waals surface area contributed by atoms with Gasteiger partial charge in [-0.3, -0.25) is 4.57 Å². The molecule has 3 aromatic heterocycles. The quantitative estimate of drug-likeness (QED) is 0.180. The number of nitrogens with zero attached hydrogens (tertiary/aromatic N) is 4. The van der Waals surface area contributed by atoms with Crippen molar-refractivity contribution >= 4 is 77.2 Å². The zero-order valence-corrected chi connectivity index (χ0v) is 31.7. The van der Waals surface area contributed by atoms with Gasteiger partial charge in [-0.05, 0) is 71.3 Å². The lowest BCUT2D eigenvalue weighted by atomic mass is 9.95. The number of aromatic nitrogens is 2. The van der Waals surface area contributed by atoms with Gasteiger partial charge in [-0.15, -0.1) is 0 Å². The standard InChI is InChI=1S/C53H36N4O/c1-55-48(35-19-7-3-8-20-35)33-44(34-17-5-2-6-18-34)54-53(55)57-46-27-15-12-25-40(46)50-41(32-43-39-24-13-16-28-49(39)58-52(43)51(50)57)36-29-30-47-42(31-36)38-23-11-14-26-45(38)56(47)37-21-9-4-10-22-37/h2-33,48H,1H3. The van der Waals surface area contributed by atoms with Crippen LogP contribution >= 0.6 is 0 Å². The fourth-order valence-corrected chi connectivity index (χ4v) is 9.32. The Balaban J connectivity index is 1.19. The lowest BCUT2D eigenvalue weighted by molar-refractivity contribution is 0.422. The summed E-state index contributed by atoms with van der Waals surface area (Å²) >= 11 is 0. The third kappa shape index (κ3) is 4.80.